The zero-order valence-electron chi connectivity index (χ0n) is 11.9. The summed E-state index contributed by atoms with van der Waals surface area (Å²) < 4.78 is 11.0. The molecule has 2 aromatic carbocycles. The minimum absolute atomic E-state index is 0.0652. The molecule has 21 heavy (non-hydrogen) atoms. The summed E-state index contributed by atoms with van der Waals surface area (Å²) in [4.78, 5) is 10.8. The van der Waals surface area contributed by atoms with Crippen LogP contribution in [-0.4, -0.2) is 18.2 Å². The first-order valence-electron chi connectivity index (χ1n) is 6.76. The van der Waals surface area contributed by atoms with Crippen LogP contribution < -0.4 is 9.47 Å². The van der Waals surface area contributed by atoms with E-state index in [4.69, 9.17) is 14.6 Å². The van der Waals surface area contributed by atoms with Gasteiger partial charge in [-0.25, -0.2) is 0 Å². The molecule has 0 saturated carbocycles. The molecule has 0 aliphatic heterocycles. The lowest BCUT2D eigenvalue weighted by Gasteiger charge is -2.19. The molecule has 1 N–H and O–H groups in total. The lowest BCUT2D eigenvalue weighted by atomic mass is 10.0. The Morgan fingerprint density at radius 1 is 1.05 bits per heavy atom. The third-order valence-electron chi connectivity index (χ3n) is 3.13. The van der Waals surface area contributed by atoms with Crippen LogP contribution >= 0.6 is 0 Å². The minimum Gasteiger partial charge on any atom is -0.497 e. The lowest BCUT2D eigenvalue weighted by Crippen LogP contribution is -2.10. The van der Waals surface area contributed by atoms with Gasteiger partial charge in [-0.2, -0.15) is 0 Å². The average molecular weight is 286 g/mol. The van der Waals surface area contributed by atoms with Gasteiger partial charge in [0.1, 0.15) is 17.6 Å². The van der Waals surface area contributed by atoms with Gasteiger partial charge in [-0.15, -0.1) is 0 Å². The fourth-order valence-electron chi connectivity index (χ4n) is 2.03. The van der Waals surface area contributed by atoms with Crippen molar-refractivity contribution in [3.8, 4) is 11.5 Å². The van der Waals surface area contributed by atoms with Crippen molar-refractivity contribution in [2.24, 2.45) is 0 Å². The van der Waals surface area contributed by atoms with Crippen molar-refractivity contribution >= 4 is 5.97 Å². The van der Waals surface area contributed by atoms with Gasteiger partial charge < -0.3 is 14.6 Å². The molecule has 0 saturated heterocycles. The maximum Gasteiger partial charge on any atom is 0.303 e. The summed E-state index contributed by atoms with van der Waals surface area (Å²) in [6.45, 7) is 0. The first-order valence-corrected chi connectivity index (χ1v) is 6.76. The van der Waals surface area contributed by atoms with Gasteiger partial charge in [-0.05, 0) is 36.2 Å². The number of aliphatic carboxylic acids is 1. The summed E-state index contributed by atoms with van der Waals surface area (Å²) in [5.74, 6) is 0.619. The van der Waals surface area contributed by atoms with Crippen LogP contribution in [0.1, 0.15) is 24.5 Å². The number of rotatable bonds is 7. The Bertz CT molecular complexity index is 563. The fraction of sp³-hybridized carbons (Fsp3) is 0.235. The second kappa shape index (κ2) is 7.33. The molecule has 0 spiro atoms. The second-order valence-electron chi connectivity index (χ2n) is 4.63. The Hall–Kier alpha value is -2.49. The predicted octanol–water partition coefficient (Wildman–Crippen LogP) is 3.68. The molecule has 4 heteroatoms. The van der Waals surface area contributed by atoms with Crippen molar-refractivity contribution in [3.05, 3.63) is 60.2 Å². The third-order valence-corrected chi connectivity index (χ3v) is 3.13. The summed E-state index contributed by atoms with van der Waals surface area (Å²) in [6, 6.07) is 16.9. The van der Waals surface area contributed by atoms with E-state index in [0.717, 1.165) is 11.3 Å². The van der Waals surface area contributed by atoms with Crippen molar-refractivity contribution in [3.63, 3.8) is 0 Å². The van der Waals surface area contributed by atoms with Gasteiger partial charge in [0, 0.05) is 6.42 Å². The summed E-state index contributed by atoms with van der Waals surface area (Å²) in [6.07, 6.45) is 0.205. The third kappa shape index (κ3) is 4.53. The minimum atomic E-state index is -0.825. The van der Waals surface area contributed by atoms with Gasteiger partial charge in [0.25, 0.3) is 0 Å². The molecular weight excluding hydrogens is 268 g/mol. The van der Waals surface area contributed by atoms with Gasteiger partial charge in [0.2, 0.25) is 0 Å². The van der Waals surface area contributed by atoms with E-state index in [-0.39, 0.29) is 12.5 Å². The van der Waals surface area contributed by atoms with E-state index in [9.17, 15) is 4.79 Å². The van der Waals surface area contributed by atoms with Gasteiger partial charge in [-0.3, -0.25) is 4.79 Å². The molecule has 110 valence electrons. The van der Waals surface area contributed by atoms with Crippen molar-refractivity contribution in [2.45, 2.75) is 18.9 Å². The molecule has 1 unspecified atom stereocenters. The van der Waals surface area contributed by atoms with Crippen molar-refractivity contribution in [2.75, 3.05) is 7.11 Å². The molecule has 0 radical (unpaired) electrons. The van der Waals surface area contributed by atoms with Crippen LogP contribution in [0, 0.1) is 0 Å². The molecule has 0 aliphatic rings. The van der Waals surface area contributed by atoms with E-state index in [1.165, 1.54) is 0 Å². The fourth-order valence-corrected chi connectivity index (χ4v) is 2.03. The molecule has 0 fully saturated rings. The maximum absolute atomic E-state index is 10.8. The van der Waals surface area contributed by atoms with Crippen LogP contribution in [0.25, 0.3) is 0 Å². The highest BCUT2D eigenvalue weighted by atomic mass is 16.5. The van der Waals surface area contributed by atoms with Gasteiger partial charge in [-0.1, -0.05) is 30.3 Å². The summed E-state index contributed by atoms with van der Waals surface area (Å²) in [5, 5.41) is 8.87. The van der Waals surface area contributed by atoms with E-state index < -0.39 is 5.97 Å². The van der Waals surface area contributed by atoms with Crippen LogP contribution in [0.2, 0.25) is 0 Å². The molecular formula is C17H18O4. The zero-order valence-corrected chi connectivity index (χ0v) is 11.9. The van der Waals surface area contributed by atoms with Crippen molar-refractivity contribution in [1.29, 1.82) is 0 Å². The van der Waals surface area contributed by atoms with Crippen LogP contribution in [0.5, 0.6) is 11.5 Å². The Labute approximate surface area is 123 Å². The van der Waals surface area contributed by atoms with Crippen molar-refractivity contribution in [1.82, 2.24) is 0 Å². The summed E-state index contributed by atoms with van der Waals surface area (Å²) in [5.41, 5.74) is 0.967. The molecule has 0 aliphatic carbocycles. The highest BCUT2D eigenvalue weighted by molar-refractivity contribution is 5.66. The highest BCUT2D eigenvalue weighted by Crippen LogP contribution is 2.27. The maximum atomic E-state index is 10.8. The quantitative estimate of drug-likeness (QED) is 0.843. The number of carboxylic acids is 1. The van der Waals surface area contributed by atoms with Crippen molar-refractivity contribution < 1.29 is 19.4 Å². The van der Waals surface area contributed by atoms with E-state index in [0.29, 0.717) is 12.2 Å². The van der Waals surface area contributed by atoms with Crippen LogP contribution in [-0.2, 0) is 4.79 Å². The normalized spacial score (nSPS) is 11.7. The van der Waals surface area contributed by atoms with Crippen LogP contribution in [0.3, 0.4) is 0 Å². The summed E-state index contributed by atoms with van der Waals surface area (Å²) >= 11 is 0. The van der Waals surface area contributed by atoms with E-state index in [2.05, 4.69) is 0 Å². The SMILES string of the molecule is COc1ccc(OC(CCC(=O)O)c2ccccc2)cc1. The van der Waals surface area contributed by atoms with E-state index in [1.54, 1.807) is 7.11 Å². The van der Waals surface area contributed by atoms with Crippen LogP contribution in [0.4, 0.5) is 0 Å². The topological polar surface area (TPSA) is 55.8 Å². The summed E-state index contributed by atoms with van der Waals surface area (Å²) in [7, 11) is 1.61. The number of hydrogen-bond acceptors (Lipinski definition) is 3. The molecule has 0 amide bonds. The van der Waals surface area contributed by atoms with Crippen LogP contribution in [0.15, 0.2) is 54.6 Å². The Morgan fingerprint density at radius 3 is 2.24 bits per heavy atom. The molecule has 1 atom stereocenters. The predicted molar refractivity (Wildman–Crippen MR) is 79.7 cm³/mol. The zero-order chi connectivity index (χ0) is 15.1. The largest absolute Gasteiger partial charge is 0.497 e. The number of carbonyl (C=O) groups is 1. The highest BCUT2D eigenvalue weighted by Gasteiger charge is 2.15. The Balaban J connectivity index is 2.12. The van der Waals surface area contributed by atoms with Gasteiger partial charge in [0.15, 0.2) is 0 Å². The monoisotopic (exact) mass is 286 g/mol. The number of carboxylic acid groups (broad SMARTS) is 1. The Kier molecular flexibility index (Phi) is 5.21. The molecule has 0 bridgehead atoms. The van der Waals surface area contributed by atoms with Gasteiger partial charge in [0.05, 0.1) is 7.11 Å². The standard InChI is InChI=1S/C17H18O4/c1-20-14-7-9-15(10-8-14)21-16(11-12-17(18)19)13-5-3-2-4-6-13/h2-10,16H,11-12H2,1H3,(H,18,19). The lowest BCUT2D eigenvalue weighted by molar-refractivity contribution is -0.137. The smallest absolute Gasteiger partial charge is 0.303 e. The molecule has 4 nitrogen and oxygen atoms in total. The number of ether oxygens (including phenoxy) is 2. The van der Waals surface area contributed by atoms with Gasteiger partial charge >= 0.3 is 5.97 Å². The van der Waals surface area contributed by atoms with E-state index in [1.807, 2.05) is 54.6 Å². The Morgan fingerprint density at radius 2 is 1.67 bits per heavy atom. The van der Waals surface area contributed by atoms with E-state index >= 15 is 0 Å². The second-order valence-corrected chi connectivity index (χ2v) is 4.63. The molecule has 0 heterocycles. The number of methoxy groups -OCH3 is 1. The first kappa shape index (κ1) is 14.9. The number of benzene rings is 2. The average Bonchev–Trinajstić information content (AvgIpc) is 2.52. The molecule has 0 aromatic heterocycles. The first-order chi connectivity index (χ1) is 10.2. The molecule has 2 aromatic rings. The number of hydrogen-bond donors (Lipinski definition) is 1. The molecule has 2 rings (SSSR count).